The summed E-state index contributed by atoms with van der Waals surface area (Å²) in [6.45, 7) is 6.97. The van der Waals surface area contributed by atoms with Crippen LogP contribution in [0.1, 0.15) is 51.4 Å². The first kappa shape index (κ1) is 18.2. The molecular formula is C17H24O5. The molecule has 1 rings (SSSR count). The molecule has 0 fully saturated rings. The second-order valence-corrected chi connectivity index (χ2v) is 5.38. The monoisotopic (exact) mass is 308 g/mol. The van der Waals surface area contributed by atoms with Gasteiger partial charge < -0.3 is 14.3 Å². The normalized spacial score (nSPS) is 14.5. The molecule has 0 amide bonds. The molecule has 5 heteroatoms. The zero-order valence-corrected chi connectivity index (χ0v) is 13.6. The van der Waals surface area contributed by atoms with E-state index in [9.17, 15) is 14.7 Å². The van der Waals surface area contributed by atoms with Crippen molar-refractivity contribution in [2.24, 2.45) is 0 Å². The molecule has 0 spiro atoms. The van der Waals surface area contributed by atoms with E-state index in [1.807, 2.05) is 6.92 Å². The van der Waals surface area contributed by atoms with E-state index in [1.165, 1.54) is 6.92 Å². The Bertz CT molecular complexity index is 585. The molecular weight excluding hydrogens is 284 g/mol. The van der Waals surface area contributed by atoms with Gasteiger partial charge in [0, 0.05) is 18.4 Å². The van der Waals surface area contributed by atoms with Gasteiger partial charge in [0.15, 0.2) is 0 Å². The van der Waals surface area contributed by atoms with Crippen LogP contribution < -0.4 is 5.63 Å². The minimum absolute atomic E-state index is 0.115. The molecule has 1 heterocycles. The summed E-state index contributed by atoms with van der Waals surface area (Å²) in [5, 5.41) is 10.3. The van der Waals surface area contributed by atoms with Crippen molar-refractivity contribution in [3.63, 3.8) is 0 Å². The number of carbonyl (C=O) groups excluding carboxylic acids is 1. The smallest absolute Gasteiger partial charge is 0.339 e. The van der Waals surface area contributed by atoms with Crippen LogP contribution in [0.25, 0.3) is 0 Å². The SMILES string of the molecule is CCCc1ccc([C@@H](C)[C@@H](O)/C(C)=C/COC(C)=O)oc1=O. The largest absolute Gasteiger partial charge is 0.462 e. The Kier molecular flexibility index (Phi) is 7.05. The predicted octanol–water partition coefficient (Wildman–Crippen LogP) is 2.57. The highest BCUT2D eigenvalue weighted by atomic mass is 16.5. The molecule has 0 unspecified atom stereocenters. The van der Waals surface area contributed by atoms with Crippen molar-refractivity contribution < 1.29 is 19.1 Å². The fourth-order valence-electron chi connectivity index (χ4n) is 2.12. The van der Waals surface area contributed by atoms with Crippen LogP contribution >= 0.6 is 0 Å². The summed E-state index contributed by atoms with van der Waals surface area (Å²) in [5.41, 5.74) is 0.962. The molecule has 0 aliphatic rings. The van der Waals surface area contributed by atoms with E-state index in [4.69, 9.17) is 9.15 Å². The van der Waals surface area contributed by atoms with Crippen LogP contribution in [0.4, 0.5) is 0 Å². The van der Waals surface area contributed by atoms with Crippen molar-refractivity contribution in [1.29, 1.82) is 0 Å². The summed E-state index contributed by atoms with van der Waals surface area (Å²) in [6.07, 6.45) is 2.39. The average molecular weight is 308 g/mol. The molecule has 0 bridgehead atoms. The van der Waals surface area contributed by atoms with E-state index in [0.29, 0.717) is 23.3 Å². The van der Waals surface area contributed by atoms with Gasteiger partial charge in [-0.1, -0.05) is 20.3 Å². The average Bonchev–Trinajstić information content (AvgIpc) is 2.47. The van der Waals surface area contributed by atoms with Gasteiger partial charge in [0.05, 0.1) is 6.10 Å². The van der Waals surface area contributed by atoms with Crippen molar-refractivity contribution in [2.45, 2.75) is 52.6 Å². The Balaban J connectivity index is 2.81. The summed E-state index contributed by atoms with van der Waals surface area (Å²) >= 11 is 0. The van der Waals surface area contributed by atoms with E-state index in [2.05, 4.69) is 0 Å². The van der Waals surface area contributed by atoms with Gasteiger partial charge in [-0.2, -0.15) is 0 Å². The van der Waals surface area contributed by atoms with E-state index in [1.54, 1.807) is 32.1 Å². The van der Waals surface area contributed by atoms with Crippen molar-refractivity contribution in [3.8, 4) is 0 Å². The molecule has 1 aromatic rings. The lowest BCUT2D eigenvalue weighted by molar-refractivity contribution is -0.139. The number of rotatable bonds is 7. The van der Waals surface area contributed by atoms with Crippen molar-refractivity contribution in [1.82, 2.24) is 0 Å². The summed E-state index contributed by atoms with van der Waals surface area (Å²) in [5.74, 6) is -0.293. The maximum atomic E-state index is 11.9. The molecule has 1 N–H and O–H groups in total. The van der Waals surface area contributed by atoms with Gasteiger partial charge in [0.1, 0.15) is 12.4 Å². The maximum Gasteiger partial charge on any atom is 0.339 e. The molecule has 1 aromatic heterocycles. The summed E-state index contributed by atoms with van der Waals surface area (Å²) in [7, 11) is 0. The Morgan fingerprint density at radius 3 is 2.64 bits per heavy atom. The molecule has 0 radical (unpaired) electrons. The second-order valence-electron chi connectivity index (χ2n) is 5.38. The summed E-state index contributed by atoms with van der Waals surface area (Å²) in [4.78, 5) is 22.6. The minimum atomic E-state index is -0.810. The lowest BCUT2D eigenvalue weighted by atomic mass is 9.95. The first-order valence-corrected chi connectivity index (χ1v) is 7.47. The minimum Gasteiger partial charge on any atom is -0.462 e. The number of aliphatic hydroxyl groups excluding tert-OH is 1. The van der Waals surface area contributed by atoms with E-state index in [0.717, 1.165) is 6.42 Å². The standard InChI is InChI=1S/C17H24O5/c1-5-6-14-7-8-15(22-17(14)20)12(3)16(19)11(2)9-10-21-13(4)18/h7-9,12,16,19H,5-6,10H2,1-4H3/b11-9+/t12-,16+/m1/s1. The number of aliphatic hydroxyl groups is 1. The molecule has 22 heavy (non-hydrogen) atoms. The van der Waals surface area contributed by atoms with Crippen LogP contribution in [0.2, 0.25) is 0 Å². The van der Waals surface area contributed by atoms with Gasteiger partial charge >= 0.3 is 11.6 Å². The van der Waals surface area contributed by atoms with Crippen molar-refractivity contribution in [3.05, 3.63) is 45.5 Å². The molecule has 0 saturated heterocycles. The Hall–Kier alpha value is -1.88. The van der Waals surface area contributed by atoms with Crippen molar-refractivity contribution in [2.75, 3.05) is 6.61 Å². The molecule has 2 atom stereocenters. The highest BCUT2D eigenvalue weighted by Crippen LogP contribution is 2.23. The third-order valence-corrected chi connectivity index (χ3v) is 3.52. The molecule has 0 saturated carbocycles. The number of hydrogen-bond donors (Lipinski definition) is 1. The van der Waals surface area contributed by atoms with E-state index >= 15 is 0 Å². The third kappa shape index (κ3) is 5.15. The Morgan fingerprint density at radius 1 is 1.41 bits per heavy atom. The number of hydrogen-bond acceptors (Lipinski definition) is 5. The van der Waals surface area contributed by atoms with Crippen LogP contribution in [-0.4, -0.2) is 23.8 Å². The molecule has 0 aromatic carbocycles. The van der Waals surface area contributed by atoms with Crippen LogP contribution in [-0.2, 0) is 16.0 Å². The lowest BCUT2D eigenvalue weighted by Gasteiger charge is -2.19. The first-order chi connectivity index (χ1) is 10.4. The highest BCUT2D eigenvalue weighted by Gasteiger charge is 2.20. The zero-order chi connectivity index (χ0) is 16.7. The van der Waals surface area contributed by atoms with Gasteiger partial charge in [-0.3, -0.25) is 4.79 Å². The van der Waals surface area contributed by atoms with Gasteiger partial charge in [-0.05, 0) is 37.1 Å². The fraction of sp³-hybridized carbons (Fsp3) is 0.529. The topological polar surface area (TPSA) is 76.7 Å². The van der Waals surface area contributed by atoms with E-state index in [-0.39, 0.29) is 24.1 Å². The zero-order valence-electron chi connectivity index (χ0n) is 13.6. The fourth-order valence-corrected chi connectivity index (χ4v) is 2.12. The van der Waals surface area contributed by atoms with Gasteiger partial charge in [0.2, 0.25) is 0 Å². The number of ether oxygens (including phenoxy) is 1. The van der Waals surface area contributed by atoms with Crippen LogP contribution in [0.5, 0.6) is 0 Å². The Labute approximate surface area is 130 Å². The summed E-state index contributed by atoms with van der Waals surface area (Å²) < 4.78 is 10.1. The lowest BCUT2D eigenvalue weighted by Crippen LogP contribution is -2.20. The van der Waals surface area contributed by atoms with Crippen LogP contribution in [0, 0.1) is 0 Å². The number of esters is 1. The highest BCUT2D eigenvalue weighted by molar-refractivity contribution is 5.66. The third-order valence-electron chi connectivity index (χ3n) is 3.52. The van der Waals surface area contributed by atoms with Crippen LogP contribution in [0.3, 0.4) is 0 Å². The van der Waals surface area contributed by atoms with Crippen molar-refractivity contribution >= 4 is 5.97 Å². The van der Waals surface area contributed by atoms with Gasteiger partial charge in [-0.15, -0.1) is 0 Å². The number of carbonyl (C=O) groups is 1. The first-order valence-electron chi connectivity index (χ1n) is 7.47. The molecule has 122 valence electrons. The van der Waals surface area contributed by atoms with Gasteiger partial charge in [-0.25, -0.2) is 4.79 Å². The van der Waals surface area contributed by atoms with Crippen LogP contribution in [0.15, 0.2) is 33.0 Å². The Morgan fingerprint density at radius 2 is 2.09 bits per heavy atom. The molecule has 5 nitrogen and oxygen atoms in total. The molecule has 0 aliphatic heterocycles. The number of aryl methyl sites for hydroxylation is 1. The molecule has 0 aliphatic carbocycles. The quantitative estimate of drug-likeness (QED) is 0.619. The van der Waals surface area contributed by atoms with E-state index < -0.39 is 6.10 Å². The predicted molar refractivity (Wildman–Crippen MR) is 83.8 cm³/mol. The second kappa shape index (κ2) is 8.54. The van der Waals surface area contributed by atoms with Gasteiger partial charge in [0.25, 0.3) is 0 Å². The maximum absolute atomic E-state index is 11.9. The summed E-state index contributed by atoms with van der Waals surface area (Å²) in [6, 6.07) is 3.49.